The summed E-state index contributed by atoms with van der Waals surface area (Å²) in [6, 6.07) is 15.8. The van der Waals surface area contributed by atoms with Gasteiger partial charge in [0.2, 0.25) is 15.9 Å². The largest absolute Gasteiger partial charge is 0.497 e. The molecule has 2 aliphatic heterocycles. The van der Waals surface area contributed by atoms with E-state index in [1.54, 1.807) is 18.2 Å². The van der Waals surface area contributed by atoms with Gasteiger partial charge in [0.05, 0.1) is 12.0 Å². The third-order valence-electron chi connectivity index (χ3n) is 6.01. The van der Waals surface area contributed by atoms with E-state index in [0.29, 0.717) is 38.5 Å². The number of sulfonamides is 1. The zero-order valence-corrected chi connectivity index (χ0v) is 18.6. The number of likely N-dealkylation sites (tertiary alicyclic amines) is 1. The van der Waals surface area contributed by atoms with Gasteiger partial charge in [-0.1, -0.05) is 36.4 Å². The minimum atomic E-state index is -3.84. The topological polar surface area (TPSA) is 70.2 Å². The van der Waals surface area contributed by atoms with E-state index >= 15 is 0 Å². The normalized spacial score (nSPS) is 20.7. The first-order chi connectivity index (χ1) is 15.0. The van der Waals surface area contributed by atoms with E-state index in [0.717, 1.165) is 18.4 Å². The highest BCUT2D eigenvalue weighted by Gasteiger charge is 2.42. The second-order valence-electron chi connectivity index (χ2n) is 8.06. The number of carbonyl (C=O) groups excluding carboxylic acids is 1. The average molecular weight is 444 g/mol. The van der Waals surface area contributed by atoms with Crippen LogP contribution in [0.15, 0.2) is 59.5 Å². The van der Waals surface area contributed by atoms with Crippen LogP contribution in [0.5, 0.6) is 5.75 Å². The molecule has 0 spiro atoms. The molecule has 2 heterocycles. The molecule has 2 aromatic carbocycles. The number of hydrogen-bond acceptors (Lipinski definition) is 5. The van der Waals surface area contributed by atoms with E-state index in [1.165, 1.54) is 17.5 Å². The molecule has 8 heteroatoms. The maximum Gasteiger partial charge on any atom is 0.244 e. The maximum atomic E-state index is 13.5. The van der Waals surface area contributed by atoms with Gasteiger partial charge in [-0.15, -0.1) is 0 Å². The Balaban J connectivity index is 1.61. The summed E-state index contributed by atoms with van der Waals surface area (Å²) >= 11 is 0. The minimum absolute atomic E-state index is 0.0956. The summed E-state index contributed by atoms with van der Waals surface area (Å²) in [6.07, 6.45) is 1.93. The Kier molecular flexibility index (Phi) is 6.60. The van der Waals surface area contributed by atoms with Crippen LogP contribution in [0.25, 0.3) is 0 Å². The number of nitrogens with zero attached hydrogens (tertiary/aromatic N) is 3. The molecule has 1 atom stereocenters. The Hall–Kier alpha value is -2.42. The van der Waals surface area contributed by atoms with Gasteiger partial charge < -0.3 is 9.64 Å². The Bertz CT molecular complexity index is 1010. The van der Waals surface area contributed by atoms with Crippen molar-refractivity contribution in [3.63, 3.8) is 0 Å². The molecule has 0 saturated carbocycles. The van der Waals surface area contributed by atoms with Crippen molar-refractivity contribution in [2.24, 2.45) is 0 Å². The van der Waals surface area contributed by atoms with Gasteiger partial charge in [0.25, 0.3) is 0 Å². The lowest BCUT2D eigenvalue weighted by Gasteiger charge is -2.41. The minimum Gasteiger partial charge on any atom is -0.497 e. The van der Waals surface area contributed by atoms with Gasteiger partial charge in [-0.25, -0.2) is 8.42 Å². The molecule has 2 aliphatic rings. The predicted molar refractivity (Wildman–Crippen MR) is 118 cm³/mol. The Labute approximate surface area is 184 Å². The van der Waals surface area contributed by atoms with E-state index in [2.05, 4.69) is 17.0 Å². The number of hydrogen-bond donors (Lipinski definition) is 0. The summed E-state index contributed by atoms with van der Waals surface area (Å²) in [5.41, 5.74) is 1.15. The van der Waals surface area contributed by atoms with Crippen LogP contribution < -0.4 is 4.74 Å². The first kappa shape index (κ1) is 21.8. The monoisotopic (exact) mass is 443 g/mol. The third kappa shape index (κ3) is 4.76. The standard InChI is InChI=1S/C23H29N3O4S/c1-30-20-10-7-11-21(16-20)31(28,29)26-15-14-24(17-19-8-3-2-4-9-19)18-22(26)23(27)25-12-5-6-13-25/h2-4,7-11,16,22H,5-6,12-15,17-18H2,1H3. The number of carbonyl (C=O) groups is 1. The van der Waals surface area contributed by atoms with Crippen LogP contribution in [0.1, 0.15) is 18.4 Å². The first-order valence-electron chi connectivity index (χ1n) is 10.7. The van der Waals surface area contributed by atoms with Gasteiger partial charge in [0.1, 0.15) is 11.8 Å². The van der Waals surface area contributed by atoms with Gasteiger partial charge in [0.15, 0.2) is 0 Å². The maximum absolute atomic E-state index is 13.5. The van der Waals surface area contributed by atoms with Crippen LogP contribution >= 0.6 is 0 Å². The smallest absolute Gasteiger partial charge is 0.244 e. The molecule has 2 fully saturated rings. The molecule has 2 saturated heterocycles. The van der Waals surface area contributed by atoms with E-state index in [4.69, 9.17) is 4.74 Å². The number of amides is 1. The van der Waals surface area contributed by atoms with Gasteiger partial charge in [0, 0.05) is 45.3 Å². The molecular formula is C23H29N3O4S. The zero-order chi connectivity index (χ0) is 21.8. The molecule has 1 amide bonds. The number of benzene rings is 2. The number of methoxy groups -OCH3 is 1. The average Bonchev–Trinajstić information content (AvgIpc) is 3.34. The van der Waals surface area contributed by atoms with Crippen LogP contribution in [0.2, 0.25) is 0 Å². The third-order valence-corrected chi connectivity index (χ3v) is 7.92. The van der Waals surface area contributed by atoms with Gasteiger partial charge in [-0.05, 0) is 30.5 Å². The summed E-state index contributed by atoms with van der Waals surface area (Å²) < 4.78 is 33.7. The molecule has 7 nitrogen and oxygen atoms in total. The van der Waals surface area contributed by atoms with Gasteiger partial charge in [-0.2, -0.15) is 4.31 Å². The summed E-state index contributed by atoms with van der Waals surface area (Å²) in [7, 11) is -2.33. The molecule has 4 rings (SSSR count). The Morgan fingerprint density at radius 2 is 1.74 bits per heavy atom. The zero-order valence-electron chi connectivity index (χ0n) is 17.8. The second-order valence-corrected chi connectivity index (χ2v) is 9.95. The number of ether oxygens (including phenoxy) is 1. The lowest BCUT2D eigenvalue weighted by atomic mass is 10.1. The summed E-state index contributed by atoms with van der Waals surface area (Å²) in [5, 5.41) is 0. The van der Waals surface area contributed by atoms with E-state index in [1.807, 2.05) is 23.1 Å². The molecule has 0 aliphatic carbocycles. The summed E-state index contributed by atoms with van der Waals surface area (Å²) in [6.45, 7) is 3.31. The molecular weight excluding hydrogens is 414 g/mol. The van der Waals surface area contributed by atoms with Crippen molar-refractivity contribution in [2.45, 2.75) is 30.3 Å². The van der Waals surface area contributed by atoms with E-state index < -0.39 is 16.1 Å². The van der Waals surface area contributed by atoms with Crippen molar-refractivity contribution in [1.29, 1.82) is 0 Å². The fourth-order valence-electron chi connectivity index (χ4n) is 4.34. The molecule has 0 radical (unpaired) electrons. The lowest BCUT2D eigenvalue weighted by molar-refractivity contribution is -0.136. The fourth-order valence-corrected chi connectivity index (χ4v) is 5.94. The number of rotatable bonds is 6. The fraction of sp³-hybridized carbons (Fsp3) is 0.435. The van der Waals surface area contributed by atoms with Crippen LogP contribution in [0.4, 0.5) is 0 Å². The SMILES string of the molecule is COc1cccc(S(=O)(=O)N2CCN(Cc3ccccc3)CC2C(=O)N2CCCC2)c1. The van der Waals surface area contributed by atoms with Crippen LogP contribution in [-0.2, 0) is 21.4 Å². The predicted octanol–water partition coefficient (Wildman–Crippen LogP) is 2.19. The quantitative estimate of drug-likeness (QED) is 0.685. The molecule has 1 unspecified atom stereocenters. The number of piperazine rings is 1. The summed E-state index contributed by atoms with van der Waals surface area (Å²) in [5.74, 6) is 0.382. The van der Waals surface area contributed by atoms with E-state index in [-0.39, 0.29) is 17.3 Å². The summed E-state index contributed by atoms with van der Waals surface area (Å²) in [4.78, 5) is 17.5. The van der Waals surface area contributed by atoms with Crippen LogP contribution in [0.3, 0.4) is 0 Å². The molecule has 0 N–H and O–H groups in total. The van der Waals surface area contributed by atoms with Crippen molar-refractivity contribution in [3.8, 4) is 5.75 Å². The van der Waals surface area contributed by atoms with Crippen molar-refractivity contribution < 1.29 is 17.9 Å². The lowest BCUT2D eigenvalue weighted by Crippen LogP contribution is -2.60. The van der Waals surface area contributed by atoms with Crippen molar-refractivity contribution in [2.75, 3.05) is 39.8 Å². The highest BCUT2D eigenvalue weighted by atomic mass is 32.2. The molecule has 2 aromatic rings. The highest BCUT2D eigenvalue weighted by molar-refractivity contribution is 7.89. The molecule has 0 bridgehead atoms. The molecule has 166 valence electrons. The Morgan fingerprint density at radius 1 is 1.00 bits per heavy atom. The van der Waals surface area contributed by atoms with E-state index in [9.17, 15) is 13.2 Å². The Morgan fingerprint density at radius 3 is 2.45 bits per heavy atom. The first-order valence-corrected chi connectivity index (χ1v) is 12.1. The molecule has 31 heavy (non-hydrogen) atoms. The van der Waals surface area contributed by atoms with Crippen molar-refractivity contribution in [3.05, 3.63) is 60.2 Å². The second kappa shape index (κ2) is 9.38. The van der Waals surface area contributed by atoms with Crippen LogP contribution in [0, 0.1) is 0 Å². The van der Waals surface area contributed by atoms with Gasteiger partial charge in [-0.3, -0.25) is 9.69 Å². The van der Waals surface area contributed by atoms with Crippen molar-refractivity contribution >= 4 is 15.9 Å². The van der Waals surface area contributed by atoms with Gasteiger partial charge >= 0.3 is 0 Å². The van der Waals surface area contributed by atoms with Crippen molar-refractivity contribution in [1.82, 2.24) is 14.1 Å². The highest BCUT2D eigenvalue weighted by Crippen LogP contribution is 2.26. The van der Waals surface area contributed by atoms with Crippen LogP contribution in [-0.4, -0.2) is 74.3 Å². The molecule has 0 aromatic heterocycles.